The third-order valence-electron chi connectivity index (χ3n) is 3.18. The molecule has 6 heteroatoms. The van der Waals surface area contributed by atoms with Gasteiger partial charge in [-0.15, -0.1) is 0 Å². The van der Waals surface area contributed by atoms with Gasteiger partial charge in [0.1, 0.15) is 0 Å². The van der Waals surface area contributed by atoms with Crippen molar-refractivity contribution in [3.8, 4) is 0 Å². The number of nitrogens with zero attached hydrogens (tertiary/aromatic N) is 1. The van der Waals surface area contributed by atoms with Crippen molar-refractivity contribution in [1.29, 1.82) is 0 Å². The summed E-state index contributed by atoms with van der Waals surface area (Å²) in [4.78, 5) is 0. The second-order valence-corrected chi connectivity index (χ2v) is 6.59. The molecule has 0 atom stereocenters. The van der Waals surface area contributed by atoms with E-state index in [0.29, 0.717) is 32.4 Å². The Bertz CT molecular complexity index is 308. The van der Waals surface area contributed by atoms with Crippen molar-refractivity contribution in [3.63, 3.8) is 0 Å². The third kappa shape index (κ3) is 3.41. The molecular formula is C10H22N2O3S. The zero-order valence-corrected chi connectivity index (χ0v) is 10.7. The first kappa shape index (κ1) is 13.9. The van der Waals surface area contributed by atoms with Crippen LogP contribution in [-0.4, -0.2) is 48.8 Å². The molecule has 0 bridgehead atoms. The molecule has 16 heavy (non-hydrogen) atoms. The molecule has 1 aliphatic heterocycles. The average molecular weight is 250 g/mol. The van der Waals surface area contributed by atoms with E-state index in [0.717, 1.165) is 6.42 Å². The molecule has 0 saturated carbocycles. The van der Waals surface area contributed by atoms with Crippen LogP contribution in [0.15, 0.2) is 0 Å². The zero-order valence-electron chi connectivity index (χ0n) is 9.85. The first-order valence-corrected chi connectivity index (χ1v) is 7.45. The molecule has 0 aliphatic carbocycles. The van der Waals surface area contributed by atoms with Gasteiger partial charge in [-0.2, -0.15) is 0 Å². The second kappa shape index (κ2) is 5.44. The predicted molar refractivity (Wildman–Crippen MR) is 63.5 cm³/mol. The van der Waals surface area contributed by atoms with E-state index in [1.807, 2.05) is 6.92 Å². The molecule has 1 aliphatic rings. The second-order valence-electron chi connectivity index (χ2n) is 4.50. The van der Waals surface area contributed by atoms with Crippen LogP contribution in [0.1, 0.15) is 32.6 Å². The van der Waals surface area contributed by atoms with Gasteiger partial charge in [0.05, 0.1) is 11.4 Å². The summed E-state index contributed by atoms with van der Waals surface area (Å²) in [6, 6.07) is 0. The molecule has 1 rings (SSSR count). The Balaban J connectivity index is 2.53. The number of piperidine rings is 1. The van der Waals surface area contributed by atoms with E-state index >= 15 is 0 Å². The summed E-state index contributed by atoms with van der Waals surface area (Å²) in [6.45, 7) is 2.95. The van der Waals surface area contributed by atoms with Gasteiger partial charge in [0.25, 0.3) is 0 Å². The first-order valence-electron chi connectivity index (χ1n) is 5.84. The van der Waals surface area contributed by atoms with Gasteiger partial charge < -0.3 is 10.8 Å². The molecule has 5 nitrogen and oxygen atoms in total. The van der Waals surface area contributed by atoms with Crippen molar-refractivity contribution >= 4 is 10.0 Å². The van der Waals surface area contributed by atoms with E-state index in [1.54, 1.807) is 0 Å². The van der Waals surface area contributed by atoms with Gasteiger partial charge in [0, 0.05) is 19.6 Å². The van der Waals surface area contributed by atoms with Crippen LogP contribution >= 0.6 is 0 Å². The molecule has 0 aromatic heterocycles. The number of aliphatic hydroxyl groups is 1. The maximum Gasteiger partial charge on any atom is 0.214 e. The number of sulfonamides is 1. The minimum atomic E-state index is -3.12. The molecule has 0 amide bonds. The Labute approximate surface area is 97.7 Å². The van der Waals surface area contributed by atoms with E-state index in [1.165, 1.54) is 4.31 Å². The molecule has 0 spiro atoms. The quantitative estimate of drug-likeness (QED) is 0.714. The normalized spacial score (nSPS) is 22.2. The minimum Gasteiger partial charge on any atom is -0.388 e. The van der Waals surface area contributed by atoms with Gasteiger partial charge in [-0.3, -0.25) is 0 Å². The highest BCUT2D eigenvalue weighted by molar-refractivity contribution is 7.89. The maximum atomic E-state index is 11.9. The van der Waals surface area contributed by atoms with Gasteiger partial charge in [0.15, 0.2) is 0 Å². The fourth-order valence-electron chi connectivity index (χ4n) is 1.84. The molecule has 96 valence electrons. The van der Waals surface area contributed by atoms with Crippen LogP contribution in [0.2, 0.25) is 0 Å². The maximum absolute atomic E-state index is 11.9. The Morgan fingerprint density at radius 3 is 2.38 bits per heavy atom. The van der Waals surface area contributed by atoms with Crippen LogP contribution in [0, 0.1) is 0 Å². The monoisotopic (exact) mass is 250 g/mol. The molecule has 1 saturated heterocycles. The molecule has 1 heterocycles. The highest BCUT2D eigenvalue weighted by atomic mass is 32.2. The minimum absolute atomic E-state index is 0.204. The molecule has 0 aromatic rings. The lowest BCUT2D eigenvalue weighted by molar-refractivity contribution is 0.00345. The average Bonchev–Trinajstić information content (AvgIpc) is 2.27. The molecule has 0 unspecified atom stereocenters. The van der Waals surface area contributed by atoms with Crippen LogP contribution in [0.5, 0.6) is 0 Å². The van der Waals surface area contributed by atoms with Crippen LogP contribution in [-0.2, 0) is 10.0 Å². The Kier molecular flexibility index (Phi) is 4.73. The number of rotatable bonds is 5. The van der Waals surface area contributed by atoms with Gasteiger partial charge in [0.2, 0.25) is 10.0 Å². The van der Waals surface area contributed by atoms with Crippen LogP contribution in [0.25, 0.3) is 0 Å². The van der Waals surface area contributed by atoms with E-state index in [9.17, 15) is 13.5 Å². The summed E-state index contributed by atoms with van der Waals surface area (Å²) in [6.07, 6.45) is 2.45. The summed E-state index contributed by atoms with van der Waals surface area (Å²) in [5.41, 5.74) is 4.59. The summed E-state index contributed by atoms with van der Waals surface area (Å²) in [5.74, 6) is 0.213. The van der Waals surface area contributed by atoms with Crippen molar-refractivity contribution in [1.82, 2.24) is 4.31 Å². The van der Waals surface area contributed by atoms with Gasteiger partial charge in [-0.1, -0.05) is 13.3 Å². The van der Waals surface area contributed by atoms with E-state index < -0.39 is 15.6 Å². The van der Waals surface area contributed by atoms with Gasteiger partial charge in [-0.25, -0.2) is 12.7 Å². The van der Waals surface area contributed by atoms with Crippen molar-refractivity contribution in [3.05, 3.63) is 0 Å². The fourth-order valence-corrected chi connectivity index (χ4v) is 3.49. The van der Waals surface area contributed by atoms with Crippen molar-refractivity contribution in [2.75, 3.05) is 25.4 Å². The van der Waals surface area contributed by atoms with Gasteiger partial charge in [-0.05, 0) is 19.3 Å². The van der Waals surface area contributed by atoms with Crippen molar-refractivity contribution < 1.29 is 13.5 Å². The molecular weight excluding hydrogens is 228 g/mol. The lowest BCUT2D eigenvalue weighted by Crippen LogP contribution is -2.50. The molecule has 0 aromatic carbocycles. The van der Waals surface area contributed by atoms with E-state index in [4.69, 9.17) is 5.73 Å². The summed E-state index contributed by atoms with van der Waals surface area (Å²) in [5, 5.41) is 9.89. The molecule has 3 N–H and O–H groups in total. The van der Waals surface area contributed by atoms with Gasteiger partial charge >= 0.3 is 0 Å². The first-order chi connectivity index (χ1) is 7.43. The van der Waals surface area contributed by atoms with Crippen molar-refractivity contribution in [2.24, 2.45) is 5.73 Å². The number of hydrogen-bond donors (Lipinski definition) is 2. The van der Waals surface area contributed by atoms with E-state index in [2.05, 4.69) is 0 Å². The summed E-state index contributed by atoms with van der Waals surface area (Å²) < 4.78 is 25.2. The topological polar surface area (TPSA) is 83.6 Å². The third-order valence-corrected chi connectivity index (χ3v) is 5.14. The van der Waals surface area contributed by atoms with Crippen molar-refractivity contribution in [2.45, 2.75) is 38.2 Å². The standard InChI is InChI=1S/C10H22N2O3S/c1-2-3-8-16(14,15)12-6-4-10(13,9-11)5-7-12/h13H,2-9,11H2,1H3. The lowest BCUT2D eigenvalue weighted by atomic mass is 9.93. The SMILES string of the molecule is CCCCS(=O)(=O)N1CCC(O)(CN)CC1. The summed E-state index contributed by atoms with van der Waals surface area (Å²) in [7, 11) is -3.12. The summed E-state index contributed by atoms with van der Waals surface area (Å²) >= 11 is 0. The Morgan fingerprint density at radius 1 is 1.38 bits per heavy atom. The smallest absolute Gasteiger partial charge is 0.214 e. The highest BCUT2D eigenvalue weighted by Gasteiger charge is 2.34. The highest BCUT2D eigenvalue weighted by Crippen LogP contribution is 2.23. The lowest BCUT2D eigenvalue weighted by Gasteiger charge is -2.36. The zero-order chi connectivity index (χ0) is 12.2. The van der Waals surface area contributed by atoms with Crippen LogP contribution < -0.4 is 5.73 Å². The predicted octanol–water partition coefficient (Wildman–Crippen LogP) is -0.0981. The van der Waals surface area contributed by atoms with Crippen LogP contribution in [0.4, 0.5) is 0 Å². The largest absolute Gasteiger partial charge is 0.388 e. The molecule has 0 radical (unpaired) electrons. The van der Waals surface area contributed by atoms with E-state index in [-0.39, 0.29) is 12.3 Å². The Morgan fingerprint density at radius 2 is 1.94 bits per heavy atom. The van der Waals surface area contributed by atoms with Crippen LogP contribution in [0.3, 0.4) is 0 Å². The fraction of sp³-hybridized carbons (Fsp3) is 1.00. The molecule has 1 fully saturated rings. The number of unbranched alkanes of at least 4 members (excludes halogenated alkanes) is 1. The Hall–Kier alpha value is -0.170. The number of hydrogen-bond acceptors (Lipinski definition) is 4. The number of nitrogens with two attached hydrogens (primary N) is 1.